The van der Waals surface area contributed by atoms with Gasteiger partial charge in [-0.05, 0) is 45.6 Å². The quantitative estimate of drug-likeness (QED) is 0.906. The number of nitrogens with one attached hydrogen (secondary N) is 1. The summed E-state index contributed by atoms with van der Waals surface area (Å²) in [6.45, 7) is 6.70. The highest BCUT2D eigenvalue weighted by Gasteiger charge is 2.25. The monoisotopic (exact) mass is 344 g/mol. The lowest BCUT2D eigenvalue weighted by Crippen LogP contribution is -2.39. The molecule has 6 heteroatoms. The lowest BCUT2D eigenvalue weighted by Gasteiger charge is -2.27. The van der Waals surface area contributed by atoms with E-state index in [-0.39, 0.29) is 11.5 Å². The van der Waals surface area contributed by atoms with E-state index >= 15 is 0 Å². The third kappa shape index (κ3) is 3.22. The van der Waals surface area contributed by atoms with E-state index in [0.717, 1.165) is 41.7 Å². The number of aromatic nitrogens is 3. The maximum atomic E-state index is 12.7. The minimum Gasteiger partial charge on any atom is -0.340 e. The van der Waals surface area contributed by atoms with Crippen molar-refractivity contribution in [2.24, 2.45) is 7.05 Å². The van der Waals surface area contributed by atoms with Gasteiger partial charge in [-0.15, -0.1) is 0 Å². The molecule has 1 fully saturated rings. The first-order valence-electron chi connectivity index (χ1n) is 9.28. The van der Waals surface area contributed by atoms with E-state index in [1.54, 1.807) is 4.68 Å². The van der Waals surface area contributed by atoms with Gasteiger partial charge in [0.2, 0.25) is 5.91 Å². The molecule has 2 heterocycles. The average molecular weight is 344 g/mol. The van der Waals surface area contributed by atoms with Gasteiger partial charge in [-0.1, -0.05) is 12.8 Å². The van der Waals surface area contributed by atoms with Crippen molar-refractivity contribution in [3.63, 3.8) is 0 Å². The maximum Gasteiger partial charge on any atom is 0.253 e. The molecule has 0 aliphatic heterocycles. The van der Waals surface area contributed by atoms with Crippen LogP contribution >= 0.6 is 0 Å². The maximum absolute atomic E-state index is 12.7. The summed E-state index contributed by atoms with van der Waals surface area (Å²) in [5, 5.41) is 5.39. The molecule has 0 atom stereocenters. The Morgan fingerprint density at radius 3 is 2.64 bits per heavy atom. The second kappa shape index (κ2) is 7.02. The lowest BCUT2D eigenvalue weighted by molar-refractivity contribution is -0.133. The van der Waals surface area contributed by atoms with Gasteiger partial charge in [-0.2, -0.15) is 5.10 Å². The number of rotatable bonds is 5. The number of aryl methyl sites for hydroxylation is 3. The molecule has 1 saturated carbocycles. The van der Waals surface area contributed by atoms with Crippen LogP contribution in [0.4, 0.5) is 0 Å². The number of H-pyrrole nitrogens is 1. The molecule has 0 radical (unpaired) electrons. The van der Waals surface area contributed by atoms with Gasteiger partial charge in [0.15, 0.2) is 0 Å². The molecule has 136 valence electrons. The summed E-state index contributed by atoms with van der Waals surface area (Å²) >= 11 is 0. The van der Waals surface area contributed by atoms with Gasteiger partial charge < -0.3 is 9.88 Å². The molecule has 1 aliphatic rings. The molecule has 2 aromatic heterocycles. The van der Waals surface area contributed by atoms with Crippen molar-refractivity contribution in [1.82, 2.24) is 19.7 Å². The van der Waals surface area contributed by atoms with Gasteiger partial charge >= 0.3 is 0 Å². The van der Waals surface area contributed by atoms with Gasteiger partial charge in [0.1, 0.15) is 5.65 Å². The molecule has 1 aliphatic carbocycles. The molecule has 0 saturated heterocycles. The topological polar surface area (TPSA) is 71.0 Å². The molecule has 1 N–H and O–H groups in total. The van der Waals surface area contributed by atoms with Crippen molar-refractivity contribution in [1.29, 1.82) is 0 Å². The van der Waals surface area contributed by atoms with Crippen LogP contribution in [0.1, 0.15) is 55.8 Å². The fraction of sp³-hybridized carbons (Fsp3) is 0.632. The number of aromatic amines is 1. The fourth-order valence-electron chi connectivity index (χ4n) is 4.29. The fourth-order valence-corrected chi connectivity index (χ4v) is 4.29. The molecule has 0 bridgehead atoms. The van der Waals surface area contributed by atoms with Crippen molar-refractivity contribution < 1.29 is 4.79 Å². The van der Waals surface area contributed by atoms with Crippen LogP contribution in [0.5, 0.6) is 0 Å². The normalized spacial score (nSPS) is 15.2. The second-order valence-corrected chi connectivity index (χ2v) is 7.11. The van der Waals surface area contributed by atoms with Gasteiger partial charge in [-0.25, -0.2) is 0 Å². The van der Waals surface area contributed by atoms with Crippen LogP contribution < -0.4 is 5.56 Å². The summed E-state index contributed by atoms with van der Waals surface area (Å²) in [6, 6.07) is 0.389. The zero-order chi connectivity index (χ0) is 18.1. The first-order valence-corrected chi connectivity index (χ1v) is 9.28. The smallest absolute Gasteiger partial charge is 0.253 e. The Hall–Kier alpha value is -2.11. The minimum absolute atomic E-state index is 0.107. The first kappa shape index (κ1) is 17.7. The highest BCUT2D eigenvalue weighted by Crippen LogP contribution is 2.25. The Bertz CT molecular complexity index is 843. The standard InChI is InChI=1S/C19H28N4O2/c1-5-23(14-8-6-7-9-14)16(24)11-10-15-12(2)17-13(3)21-22(4)18(17)20-19(15)25/h14H,5-11H2,1-4H3,(H,20,25). The Balaban J connectivity index is 1.82. The Morgan fingerprint density at radius 1 is 1.32 bits per heavy atom. The van der Waals surface area contributed by atoms with E-state index in [1.165, 1.54) is 12.8 Å². The molecule has 0 aromatic carbocycles. The van der Waals surface area contributed by atoms with Gasteiger partial charge in [0.05, 0.1) is 5.69 Å². The molecule has 25 heavy (non-hydrogen) atoms. The van der Waals surface area contributed by atoms with Crippen LogP contribution in [-0.2, 0) is 18.3 Å². The van der Waals surface area contributed by atoms with E-state index < -0.39 is 0 Å². The van der Waals surface area contributed by atoms with E-state index in [2.05, 4.69) is 10.1 Å². The molecular weight excluding hydrogens is 316 g/mol. The lowest BCUT2D eigenvalue weighted by atomic mass is 10.0. The van der Waals surface area contributed by atoms with E-state index in [1.807, 2.05) is 32.7 Å². The summed E-state index contributed by atoms with van der Waals surface area (Å²) in [7, 11) is 1.83. The number of hydrogen-bond acceptors (Lipinski definition) is 3. The SMILES string of the molecule is CCN(C(=O)CCc1c(C)c2c(C)nn(C)c2[nH]c1=O)C1CCCC1. The van der Waals surface area contributed by atoms with Crippen molar-refractivity contribution in [3.8, 4) is 0 Å². The summed E-state index contributed by atoms with van der Waals surface area (Å²) in [4.78, 5) is 30.1. The zero-order valence-electron chi connectivity index (χ0n) is 15.7. The Labute approximate surface area is 148 Å². The van der Waals surface area contributed by atoms with Gasteiger partial charge in [0.25, 0.3) is 5.56 Å². The average Bonchev–Trinajstić information content (AvgIpc) is 3.17. The number of amides is 1. The number of nitrogens with zero attached hydrogens (tertiary/aromatic N) is 3. The summed E-state index contributed by atoms with van der Waals surface area (Å²) in [5.74, 6) is 0.163. The highest BCUT2D eigenvalue weighted by molar-refractivity contribution is 5.83. The van der Waals surface area contributed by atoms with Crippen molar-refractivity contribution >= 4 is 16.9 Å². The van der Waals surface area contributed by atoms with E-state index in [9.17, 15) is 9.59 Å². The largest absolute Gasteiger partial charge is 0.340 e. The van der Waals surface area contributed by atoms with Crippen LogP contribution in [0.3, 0.4) is 0 Å². The van der Waals surface area contributed by atoms with E-state index in [0.29, 0.717) is 24.4 Å². The minimum atomic E-state index is -0.107. The molecule has 0 unspecified atom stereocenters. The third-order valence-corrected chi connectivity index (χ3v) is 5.57. The van der Waals surface area contributed by atoms with Crippen molar-refractivity contribution in [2.45, 2.75) is 65.3 Å². The van der Waals surface area contributed by atoms with Gasteiger partial charge in [0, 0.05) is 37.0 Å². The zero-order valence-corrected chi connectivity index (χ0v) is 15.7. The Morgan fingerprint density at radius 2 is 2.00 bits per heavy atom. The molecule has 3 rings (SSSR count). The molecule has 0 spiro atoms. The van der Waals surface area contributed by atoms with E-state index in [4.69, 9.17) is 0 Å². The number of pyridine rings is 1. The molecule has 1 amide bonds. The number of carbonyl (C=O) groups excluding carboxylic acids is 1. The molecular formula is C19H28N4O2. The predicted octanol–water partition coefficient (Wildman–Crippen LogP) is 2.60. The molecule has 6 nitrogen and oxygen atoms in total. The first-order chi connectivity index (χ1) is 11.9. The Kier molecular flexibility index (Phi) is 4.97. The highest BCUT2D eigenvalue weighted by atomic mass is 16.2. The summed E-state index contributed by atoms with van der Waals surface area (Å²) in [5.41, 5.74) is 3.20. The summed E-state index contributed by atoms with van der Waals surface area (Å²) in [6.07, 6.45) is 5.51. The van der Waals surface area contributed by atoms with Crippen LogP contribution in [0, 0.1) is 13.8 Å². The van der Waals surface area contributed by atoms with Crippen LogP contribution in [-0.4, -0.2) is 38.2 Å². The third-order valence-electron chi connectivity index (χ3n) is 5.57. The second-order valence-electron chi connectivity index (χ2n) is 7.11. The number of fused-ring (bicyclic) bond motifs is 1. The number of carbonyl (C=O) groups is 1. The molecule has 2 aromatic rings. The predicted molar refractivity (Wildman–Crippen MR) is 98.8 cm³/mol. The van der Waals surface area contributed by atoms with Crippen LogP contribution in [0.15, 0.2) is 4.79 Å². The number of hydrogen-bond donors (Lipinski definition) is 1. The van der Waals surface area contributed by atoms with Crippen LogP contribution in [0.2, 0.25) is 0 Å². The van der Waals surface area contributed by atoms with Crippen molar-refractivity contribution in [3.05, 3.63) is 27.2 Å². The van der Waals surface area contributed by atoms with Gasteiger partial charge in [-0.3, -0.25) is 14.3 Å². The van der Waals surface area contributed by atoms with Crippen molar-refractivity contribution in [2.75, 3.05) is 6.54 Å². The van der Waals surface area contributed by atoms with Crippen LogP contribution in [0.25, 0.3) is 11.0 Å². The summed E-state index contributed by atoms with van der Waals surface area (Å²) < 4.78 is 1.70.